The van der Waals surface area contributed by atoms with Crippen LogP contribution < -0.4 is 5.32 Å². The number of nitrogens with one attached hydrogen (secondary N) is 2. The molecule has 86 valence electrons. The highest BCUT2D eigenvalue weighted by Gasteiger charge is 2.12. The van der Waals surface area contributed by atoms with E-state index in [1.165, 1.54) is 31.2 Å². The van der Waals surface area contributed by atoms with Gasteiger partial charge in [-0.2, -0.15) is 5.10 Å². The van der Waals surface area contributed by atoms with Crippen LogP contribution in [0.15, 0.2) is 12.4 Å². The van der Waals surface area contributed by atoms with Crippen molar-refractivity contribution < 1.29 is 0 Å². The summed E-state index contributed by atoms with van der Waals surface area (Å²) in [5.41, 5.74) is 1.24. The minimum atomic E-state index is 0.395. The van der Waals surface area contributed by atoms with E-state index in [1.807, 2.05) is 12.4 Å². The highest BCUT2D eigenvalue weighted by Crippen LogP contribution is 2.14. The zero-order valence-electron chi connectivity index (χ0n) is 10.1. The van der Waals surface area contributed by atoms with Crippen molar-refractivity contribution in [3.63, 3.8) is 0 Å². The molecule has 0 saturated heterocycles. The molecule has 1 aromatic rings. The summed E-state index contributed by atoms with van der Waals surface area (Å²) < 4.78 is 0. The molecule has 15 heavy (non-hydrogen) atoms. The van der Waals surface area contributed by atoms with Gasteiger partial charge >= 0.3 is 0 Å². The van der Waals surface area contributed by atoms with Crippen molar-refractivity contribution in [2.75, 3.05) is 0 Å². The van der Waals surface area contributed by atoms with Crippen LogP contribution in [0.5, 0.6) is 0 Å². The van der Waals surface area contributed by atoms with Crippen molar-refractivity contribution in [1.82, 2.24) is 15.5 Å². The van der Waals surface area contributed by atoms with E-state index in [4.69, 9.17) is 0 Å². The van der Waals surface area contributed by atoms with Crippen LogP contribution in [-0.2, 0) is 0 Å². The first-order valence-electron chi connectivity index (χ1n) is 6.02. The van der Waals surface area contributed by atoms with Gasteiger partial charge in [0.1, 0.15) is 0 Å². The molecule has 0 aliphatic rings. The number of aromatic amines is 1. The summed E-state index contributed by atoms with van der Waals surface area (Å²) in [5.74, 6) is 0. The molecule has 3 nitrogen and oxygen atoms in total. The fourth-order valence-electron chi connectivity index (χ4n) is 1.96. The van der Waals surface area contributed by atoms with E-state index in [-0.39, 0.29) is 0 Å². The monoisotopic (exact) mass is 209 g/mol. The van der Waals surface area contributed by atoms with Crippen LogP contribution in [0.3, 0.4) is 0 Å². The quantitative estimate of drug-likeness (QED) is 0.724. The third-order valence-electron chi connectivity index (χ3n) is 2.78. The van der Waals surface area contributed by atoms with Gasteiger partial charge in [-0.05, 0) is 19.8 Å². The number of nitrogens with zero attached hydrogens (tertiary/aromatic N) is 1. The van der Waals surface area contributed by atoms with Crippen LogP contribution in [0.2, 0.25) is 0 Å². The van der Waals surface area contributed by atoms with Gasteiger partial charge in [0.25, 0.3) is 0 Å². The molecule has 0 aliphatic carbocycles. The molecule has 1 aromatic heterocycles. The van der Waals surface area contributed by atoms with Crippen molar-refractivity contribution in [3.05, 3.63) is 18.0 Å². The SMILES string of the molecule is CCCC(CCC)NC(C)c1cn[nH]c1. The molecule has 0 aromatic carbocycles. The van der Waals surface area contributed by atoms with Crippen LogP contribution in [0.25, 0.3) is 0 Å². The van der Waals surface area contributed by atoms with Crippen molar-refractivity contribution in [1.29, 1.82) is 0 Å². The molecule has 1 atom stereocenters. The third-order valence-corrected chi connectivity index (χ3v) is 2.78. The summed E-state index contributed by atoms with van der Waals surface area (Å²) in [7, 11) is 0. The number of hydrogen-bond donors (Lipinski definition) is 2. The Bertz CT molecular complexity index is 237. The fraction of sp³-hybridized carbons (Fsp3) is 0.750. The van der Waals surface area contributed by atoms with Gasteiger partial charge in [0, 0.05) is 23.8 Å². The second-order valence-corrected chi connectivity index (χ2v) is 4.19. The van der Waals surface area contributed by atoms with Crippen molar-refractivity contribution in [2.24, 2.45) is 0 Å². The molecule has 2 N–H and O–H groups in total. The summed E-state index contributed by atoms with van der Waals surface area (Å²) in [6.45, 7) is 6.68. The smallest absolute Gasteiger partial charge is 0.0534 e. The lowest BCUT2D eigenvalue weighted by atomic mass is 10.0. The van der Waals surface area contributed by atoms with E-state index in [0.29, 0.717) is 12.1 Å². The van der Waals surface area contributed by atoms with E-state index in [0.717, 1.165) is 0 Å². The van der Waals surface area contributed by atoms with Crippen LogP contribution in [0, 0.1) is 0 Å². The molecule has 0 spiro atoms. The van der Waals surface area contributed by atoms with E-state index in [1.54, 1.807) is 0 Å². The minimum Gasteiger partial charge on any atom is -0.307 e. The standard InChI is InChI=1S/C12H23N3/c1-4-6-12(7-5-2)15-10(3)11-8-13-14-9-11/h8-10,12,15H,4-7H2,1-3H3,(H,13,14). The Balaban J connectivity index is 2.43. The lowest BCUT2D eigenvalue weighted by molar-refractivity contribution is 0.402. The predicted octanol–water partition coefficient (Wildman–Crippen LogP) is 3.03. The Hall–Kier alpha value is -0.830. The average molecular weight is 209 g/mol. The maximum atomic E-state index is 3.98. The van der Waals surface area contributed by atoms with E-state index < -0.39 is 0 Å². The molecule has 0 amide bonds. The lowest BCUT2D eigenvalue weighted by Crippen LogP contribution is -2.31. The van der Waals surface area contributed by atoms with Gasteiger partial charge in [-0.15, -0.1) is 0 Å². The summed E-state index contributed by atoms with van der Waals surface area (Å²) in [6, 6.07) is 1.04. The Labute approximate surface area is 92.7 Å². The third kappa shape index (κ3) is 4.04. The average Bonchev–Trinajstić information content (AvgIpc) is 2.71. The number of aromatic nitrogens is 2. The normalized spacial score (nSPS) is 13.3. The summed E-state index contributed by atoms with van der Waals surface area (Å²) in [4.78, 5) is 0. The van der Waals surface area contributed by atoms with Gasteiger partial charge in [-0.1, -0.05) is 26.7 Å². The Morgan fingerprint density at radius 3 is 2.47 bits per heavy atom. The summed E-state index contributed by atoms with van der Waals surface area (Å²) >= 11 is 0. The van der Waals surface area contributed by atoms with E-state index >= 15 is 0 Å². The van der Waals surface area contributed by atoms with Crippen LogP contribution in [0.4, 0.5) is 0 Å². The maximum Gasteiger partial charge on any atom is 0.0534 e. The van der Waals surface area contributed by atoms with Crippen LogP contribution in [-0.4, -0.2) is 16.2 Å². The van der Waals surface area contributed by atoms with E-state index in [9.17, 15) is 0 Å². The predicted molar refractivity (Wildman–Crippen MR) is 63.7 cm³/mol. The van der Waals surface area contributed by atoms with Gasteiger partial charge in [-0.3, -0.25) is 5.10 Å². The zero-order valence-corrected chi connectivity index (χ0v) is 10.1. The molecular formula is C12H23N3. The van der Waals surface area contributed by atoms with E-state index in [2.05, 4.69) is 36.3 Å². The molecule has 1 unspecified atom stereocenters. The van der Waals surface area contributed by atoms with Crippen molar-refractivity contribution >= 4 is 0 Å². The maximum absolute atomic E-state index is 3.98. The van der Waals surface area contributed by atoms with Gasteiger partial charge in [0.15, 0.2) is 0 Å². The highest BCUT2D eigenvalue weighted by molar-refractivity contribution is 5.08. The summed E-state index contributed by atoms with van der Waals surface area (Å²) in [6.07, 6.45) is 8.87. The first-order valence-corrected chi connectivity index (χ1v) is 6.02. The molecule has 0 fully saturated rings. The first-order chi connectivity index (χ1) is 7.27. The second-order valence-electron chi connectivity index (χ2n) is 4.19. The second kappa shape index (κ2) is 6.62. The number of rotatable bonds is 7. The minimum absolute atomic E-state index is 0.395. The lowest BCUT2D eigenvalue weighted by Gasteiger charge is -2.21. The van der Waals surface area contributed by atoms with Crippen molar-refractivity contribution in [3.8, 4) is 0 Å². The van der Waals surface area contributed by atoms with Gasteiger partial charge in [0.05, 0.1) is 6.20 Å². The Morgan fingerprint density at radius 1 is 1.33 bits per heavy atom. The van der Waals surface area contributed by atoms with Gasteiger partial charge < -0.3 is 5.32 Å². The molecule has 3 heteroatoms. The van der Waals surface area contributed by atoms with Crippen molar-refractivity contribution in [2.45, 2.75) is 58.5 Å². The fourth-order valence-corrected chi connectivity index (χ4v) is 1.96. The zero-order chi connectivity index (χ0) is 11.1. The molecule has 1 heterocycles. The topological polar surface area (TPSA) is 40.7 Å². The number of hydrogen-bond acceptors (Lipinski definition) is 2. The molecule has 0 saturated carbocycles. The summed E-state index contributed by atoms with van der Waals surface area (Å²) in [5, 5.41) is 10.5. The van der Waals surface area contributed by atoms with Crippen LogP contribution >= 0.6 is 0 Å². The molecule has 1 rings (SSSR count). The van der Waals surface area contributed by atoms with Gasteiger partial charge in [-0.25, -0.2) is 0 Å². The highest BCUT2D eigenvalue weighted by atomic mass is 15.1. The molecule has 0 aliphatic heterocycles. The molecular weight excluding hydrogens is 186 g/mol. The first kappa shape index (κ1) is 12.2. The Morgan fingerprint density at radius 2 is 2.00 bits per heavy atom. The molecule has 0 bridgehead atoms. The Kier molecular flexibility index (Phi) is 5.40. The molecule has 0 radical (unpaired) electrons. The van der Waals surface area contributed by atoms with Gasteiger partial charge in [0.2, 0.25) is 0 Å². The number of H-pyrrole nitrogens is 1. The van der Waals surface area contributed by atoms with Crippen LogP contribution in [0.1, 0.15) is 58.1 Å². The largest absolute Gasteiger partial charge is 0.307 e.